The van der Waals surface area contributed by atoms with Crippen molar-refractivity contribution >= 4 is 23.5 Å². The Hall–Kier alpha value is -2.34. The highest BCUT2D eigenvalue weighted by Crippen LogP contribution is 2.21. The summed E-state index contributed by atoms with van der Waals surface area (Å²) in [6, 6.07) is 7.83. The summed E-state index contributed by atoms with van der Waals surface area (Å²) >= 11 is 5.95. The predicted molar refractivity (Wildman–Crippen MR) is 86.5 cm³/mol. The van der Waals surface area contributed by atoms with Crippen molar-refractivity contribution in [3.8, 4) is 0 Å². The number of aromatic nitrogens is 2. The standard InChI is InChI=1S/C16H18ClN3O3/c1-3-12-8-14(20(2)19-12)16(23)18-13(9-15(21)22)10-5-4-6-11(17)7-10/h4-8,13H,3,9H2,1-2H3,(H,18,23)(H,21,22). The summed E-state index contributed by atoms with van der Waals surface area (Å²) in [6.07, 6.45) is 0.485. The van der Waals surface area contributed by atoms with Gasteiger partial charge in [0, 0.05) is 12.1 Å². The normalized spacial score (nSPS) is 12.0. The minimum absolute atomic E-state index is 0.232. The Labute approximate surface area is 139 Å². The molecule has 23 heavy (non-hydrogen) atoms. The summed E-state index contributed by atoms with van der Waals surface area (Å²) in [5.74, 6) is -1.37. The molecule has 2 rings (SSSR count). The third-order valence-electron chi connectivity index (χ3n) is 3.46. The number of benzene rings is 1. The second-order valence-corrected chi connectivity index (χ2v) is 5.61. The highest BCUT2D eigenvalue weighted by Gasteiger charge is 2.21. The maximum absolute atomic E-state index is 12.4. The van der Waals surface area contributed by atoms with Gasteiger partial charge >= 0.3 is 5.97 Å². The maximum Gasteiger partial charge on any atom is 0.305 e. The molecule has 0 spiro atoms. The summed E-state index contributed by atoms with van der Waals surface area (Å²) in [6.45, 7) is 1.95. The number of amides is 1. The van der Waals surface area contributed by atoms with E-state index in [4.69, 9.17) is 16.7 Å². The molecular weight excluding hydrogens is 318 g/mol. The Bertz CT molecular complexity index is 727. The zero-order chi connectivity index (χ0) is 17.0. The van der Waals surface area contributed by atoms with Gasteiger partial charge in [0.1, 0.15) is 5.69 Å². The highest BCUT2D eigenvalue weighted by atomic mass is 35.5. The van der Waals surface area contributed by atoms with Crippen molar-refractivity contribution in [2.24, 2.45) is 7.05 Å². The van der Waals surface area contributed by atoms with E-state index in [9.17, 15) is 9.59 Å². The summed E-state index contributed by atoms with van der Waals surface area (Å²) in [5.41, 5.74) is 1.83. The smallest absolute Gasteiger partial charge is 0.305 e. The lowest BCUT2D eigenvalue weighted by atomic mass is 10.0. The van der Waals surface area contributed by atoms with Crippen LogP contribution in [0.5, 0.6) is 0 Å². The second kappa shape index (κ2) is 7.28. The molecule has 6 nitrogen and oxygen atoms in total. The number of aryl methyl sites for hydroxylation is 2. The quantitative estimate of drug-likeness (QED) is 0.849. The lowest BCUT2D eigenvalue weighted by Crippen LogP contribution is -2.31. The van der Waals surface area contributed by atoms with Crippen LogP contribution < -0.4 is 5.32 Å². The largest absolute Gasteiger partial charge is 0.481 e. The van der Waals surface area contributed by atoms with Crippen molar-refractivity contribution in [2.45, 2.75) is 25.8 Å². The van der Waals surface area contributed by atoms with Crippen molar-refractivity contribution in [1.29, 1.82) is 0 Å². The molecule has 0 radical (unpaired) electrons. The van der Waals surface area contributed by atoms with E-state index in [1.807, 2.05) is 6.92 Å². The Balaban J connectivity index is 2.24. The average molecular weight is 336 g/mol. The summed E-state index contributed by atoms with van der Waals surface area (Å²) in [7, 11) is 1.68. The number of hydrogen-bond donors (Lipinski definition) is 2. The molecule has 0 bridgehead atoms. The van der Waals surface area contributed by atoms with Crippen LogP contribution in [-0.4, -0.2) is 26.8 Å². The van der Waals surface area contributed by atoms with Crippen LogP contribution in [0.4, 0.5) is 0 Å². The number of carbonyl (C=O) groups is 2. The van der Waals surface area contributed by atoms with Crippen LogP contribution >= 0.6 is 11.6 Å². The molecule has 1 heterocycles. The van der Waals surface area contributed by atoms with Gasteiger partial charge in [0.2, 0.25) is 0 Å². The molecule has 1 unspecified atom stereocenters. The van der Waals surface area contributed by atoms with Gasteiger partial charge in [-0.15, -0.1) is 0 Å². The van der Waals surface area contributed by atoms with Crippen molar-refractivity contribution in [3.05, 3.63) is 52.3 Å². The van der Waals surface area contributed by atoms with Gasteiger partial charge in [-0.2, -0.15) is 5.10 Å². The third kappa shape index (κ3) is 4.32. The number of nitrogens with one attached hydrogen (secondary N) is 1. The fourth-order valence-corrected chi connectivity index (χ4v) is 2.49. The minimum Gasteiger partial charge on any atom is -0.481 e. The molecule has 2 N–H and O–H groups in total. The number of halogens is 1. The first-order valence-electron chi connectivity index (χ1n) is 7.21. The van der Waals surface area contributed by atoms with Gasteiger partial charge in [-0.1, -0.05) is 30.7 Å². The van der Waals surface area contributed by atoms with Crippen molar-refractivity contribution < 1.29 is 14.7 Å². The van der Waals surface area contributed by atoms with Crippen LogP contribution in [-0.2, 0) is 18.3 Å². The van der Waals surface area contributed by atoms with Crippen LogP contribution in [0.3, 0.4) is 0 Å². The van der Waals surface area contributed by atoms with Crippen molar-refractivity contribution in [1.82, 2.24) is 15.1 Å². The molecule has 1 aromatic heterocycles. The topological polar surface area (TPSA) is 84.2 Å². The van der Waals surface area contributed by atoms with Crippen LogP contribution in [0.15, 0.2) is 30.3 Å². The average Bonchev–Trinajstić information content (AvgIpc) is 2.87. The molecule has 1 aromatic carbocycles. The summed E-state index contributed by atoms with van der Waals surface area (Å²) in [5, 5.41) is 16.6. The van der Waals surface area contributed by atoms with Gasteiger partial charge in [0.05, 0.1) is 18.2 Å². The zero-order valence-electron chi connectivity index (χ0n) is 12.9. The van der Waals surface area contributed by atoms with Crippen LogP contribution in [0.1, 0.15) is 41.1 Å². The van der Waals surface area contributed by atoms with E-state index in [0.717, 1.165) is 5.69 Å². The maximum atomic E-state index is 12.4. The van der Waals surface area contributed by atoms with Gasteiger partial charge in [-0.3, -0.25) is 14.3 Å². The number of nitrogens with zero attached hydrogens (tertiary/aromatic N) is 2. The molecule has 122 valence electrons. The minimum atomic E-state index is -1.01. The van der Waals surface area contributed by atoms with Crippen molar-refractivity contribution in [2.75, 3.05) is 0 Å². The number of carbonyl (C=O) groups excluding carboxylic acids is 1. The Morgan fingerprint density at radius 2 is 2.13 bits per heavy atom. The Kier molecular flexibility index (Phi) is 5.39. The van der Waals surface area contributed by atoms with E-state index in [1.54, 1.807) is 37.4 Å². The van der Waals surface area contributed by atoms with E-state index in [0.29, 0.717) is 22.7 Å². The molecule has 2 aromatic rings. The number of rotatable bonds is 6. The molecule has 1 atom stereocenters. The van der Waals surface area contributed by atoms with E-state index in [-0.39, 0.29) is 12.3 Å². The van der Waals surface area contributed by atoms with E-state index in [1.165, 1.54) is 4.68 Å². The number of aliphatic carboxylic acids is 1. The van der Waals surface area contributed by atoms with Gasteiger partial charge in [0.25, 0.3) is 5.91 Å². The molecule has 0 saturated carbocycles. The molecule has 0 aliphatic rings. The molecule has 7 heteroatoms. The first-order chi connectivity index (χ1) is 10.9. The number of hydrogen-bond acceptors (Lipinski definition) is 3. The molecule has 0 aliphatic carbocycles. The lowest BCUT2D eigenvalue weighted by molar-refractivity contribution is -0.137. The first-order valence-corrected chi connectivity index (χ1v) is 7.59. The summed E-state index contributed by atoms with van der Waals surface area (Å²) in [4.78, 5) is 23.5. The molecule has 0 aliphatic heterocycles. The molecular formula is C16H18ClN3O3. The van der Waals surface area contributed by atoms with Crippen molar-refractivity contribution in [3.63, 3.8) is 0 Å². The molecule has 1 amide bonds. The van der Waals surface area contributed by atoms with Gasteiger partial charge < -0.3 is 10.4 Å². The molecule has 0 fully saturated rings. The van der Waals surface area contributed by atoms with E-state index < -0.39 is 12.0 Å². The number of carboxylic acids is 1. The number of carboxylic acid groups (broad SMARTS) is 1. The summed E-state index contributed by atoms with van der Waals surface area (Å²) < 4.78 is 1.49. The first kappa shape index (κ1) is 17.0. The Morgan fingerprint density at radius 3 is 2.70 bits per heavy atom. The SMILES string of the molecule is CCc1cc(C(=O)NC(CC(=O)O)c2cccc(Cl)c2)n(C)n1. The van der Waals surface area contributed by atoms with E-state index in [2.05, 4.69) is 10.4 Å². The van der Waals surface area contributed by atoms with Crippen LogP contribution in [0.2, 0.25) is 5.02 Å². The lowest BCUT2D eigenvalue weighted by Gasteiger charge is -2.17. The monoisotopic (exact) mass is 335 g/mol. The second-order valence-electron chi connectivity index (χ2n) is 5.18. The predicted octanol–water partition coefficient (Wildman–Crippen LogP) is 2.58. The van der Waals surface area contributed by atoms with Gasteiger partial charge in [0.15, 0.2) is 0 Å². The van der Waals surface area contributed by atoms with Crippen LogP contribution in [0, 0.1) is 0 Å². The van der Waals surface area contributed by atoms with E-state index >= 15 is 0 Å². The zero-order valence-corrected chi connectivity index (χ0v) is 13.7. The molecule has 0 saturated heterocycles. The fraction of sp³-hybridized carbons (Fsp3) is 0.312. The highest BCUT2D eigenvalue weighted by molar-refractivity contribution is 6.30. The van der Waals surface area contributed by atoms with Gasteiger partial charge in [-0.05, 0) is 30.2 Å². The fourth-order valence-electron chi connectivity index (χ4n) is 2.29. The Morgan fingerprint density at radius 1 is 1.39 bits per heavy atom. The van der Waals surface area contributed by atoms with Crippen LogP contribution in [0.25, 0.3) is 0 Å². The third-order valence-corrected chi connectivity index (χ3v) is 3.70. The van der Waals surface area contributed by atoms with Gasteiger partial charge in [-0.25, -0.2) is 0 Å².